The highest BCUT2D eigenvalue weighted by molar-refractivity contribution is 6.22. The van der Waals surface area contributed by atoms with Gasteiger partial charge in [0.2, 0.25) is 0 Å². The molecule has 146 valence electrons. The van der Waals surface area contributed by atoms with Crippen molar-refractivity contribution in [2.75, 3.05) is 7.11 Å². The van der Waals surface area contributed by atoms with Gasteiger partial charge in [0.05, 0.1) is 11.3 Å². The number of hydrogen-bond acceptors (Lipinski definition) is 4. The van der Waals surface area contributed by atoms with Gasteiger partial charge in [0, 0.05) is 12.8 Å². The third-order valence-electron chi connectivity index (χ3n) is 6.39. The fraction of sp³-hybridized carbons (Fsp3) is 0.565. The van der Waals surface area contributed by atoms with Gasteiger partial charge in [0.25, 0.3) is 0 Å². The van der Waals surface area contributed by atoms with Crippen molar-refractivity contribution in [1.29, 1.82) is 0 Å². The molecule has 4 nitrogen and oxygen atoms in total. The van der Waals surface area contributed by atoms with E-state index in [1.165, 1.54) is 40.5 Å². The van der Waals surface area contributed by atoms with E-state index in [1.807, 2.05) is 0 Å². The molecule has 0 amide bonds. The SMILES string of the molecule is CO/N=C(/C)C1=C(O)CC(c2c(C)c(C)c3c(c2C)CC(C)(C)C3)CC1=O. The van der Waals surface area contributed by atoms with Crippen LogP contribution in [-0.2, 0) is 22.5 Å². The fourth-order valence-corrected chi connectivity index (χ4v) is 5.13. The zero-order valence-electron chi connectivity index (χ0n) is 17.6. The molecule has 0 bridgehead atoms. The molecule has 0 heterocycles. The van der Waals surface area contributed by atoms with Crippen molar-refractivity contribution in [2.24, 2.45) is 10.6 Å². The summed E-state index contributed by atoms with van der Waals surface area (Å²) in [6.07, 6.45) is 3.07. The van der Waals surface area contributed by atoms with Gasteiger partial charge in [0.1, 0.15) is 12.9 Å². The molecule has 1 atom stereocenters. The van der Waals surface area contributed by atoms with Gasteiger partial charge < -0.3 is 9.94 Å². The van der Waals surface area contributed by atoms with Gasteiger partial charge in [0.15, 0.2) is 5.78 Å². The maximum Gasteiger partial charge on any atom is 0.168 e. The number of aliphatic hydroxyl groups is 1. The van der Waals surface area contributed by atoms with Crippen LogP contribution in [0.2, 0.25) is 0 Å². The molecule has 0 radical (unpaired) electrons. The molecule has 0 spiro atoms. The van der Waals surface area contributed by atoms with Crippen molar-refractivity contribution in [2.45, 2.75) is 73.1 Å². The normalized spacial score (nSPS) is 22.3. The fourth-order valence-electron chi connectivity index (χ4n) is 5.13. The van der Waals surface area contributed by atoms with Gasteiger partial charge >= 0.3 is 0 Å². The Kier molecular flexibility index (Phi) is 4.96. The van der Waals surface area contributed by atoms with Gasteiger partial charge in [-0.3, -0.25) is 4.79 Å². The predicted molar refractivity (Wildman–Crippen MR) is 109 cm³/mol. The van der Waals surface area contributed by atoms with Gasteiger partial charge in [-0.25, -0.2) is 0 Å². The lowest BCUT2D eigenvalue weighted by Crippen LogP contribution is -2.24. The van der Waals surface area contributed by atoms with Crippen molar-refractivity contribution >= 4 is 11.5 Å². The van der Waals surface area contributed by atoms with Crippen LogP contribution in [0.4, 0.5) is 0 Å². The van der Waals surface area contributed by atoms with Gasteiger partial charge in [-0.2, -0.15) is 0 Å². The van der Waals surface area contributed by atoms with Gasteiger partial charge in [-0.15, -0.1) is 0 Å². The second-order valence-electron chi connectivity index (χ2n) is 8.97. The van der Waals surface area contributed by atoms with E-state index in [0.717, 1.165) is 12.8 Å². The number of benzene rings is 1. The Balaban J connectivity index is 2.06. The second kappa shape index (κ2) is 6.81. The summed E-state index contributed by atoms with van der Waals surface area (Å²) in [5, 5.41) is 14.5. The van der Waals surface area contributed by atoms with Crippen LogP contribution in [0, 0.1) is 26.2 Å². The predicted octanol–water partition coefficient (Wildman–Crippen LogP) is 5.02. The smallest absolute Gasteiger partial charge is 0.168 e. The molecule has 2 aliphatic carbocycles. The minimum Gasteiger partial charge on any atom is -0.511 e. The van der Waals surface area contributed by atoms with Crippen LogP contribution in [-0.4, -0.2) is 23.7 Å². The minimum atomic E-state index is -0.0562. The van der Waals surface area contributed by atoms with E-state index < -0.39 is 0 Å². The maximum absolute atomic E-state index is 12.8. The average molecular weight is 370 g/mol. The molecule has 1 N–H and O–H groups in total. The molecule has 2 aliphatic rings. The van der Waals surface area contributed by atoms with E-state index in [4.69, 9.17) is 4.84 Å². The third kappa shape index (κ3) is 3.30. The second-order valence-corrected chi connectivity index (χ2v) is 8.97. The molecular formula is C23H31NO3. The Morgan fingerprint density at radius 1 is 1.07 bits per heavy atom. The largest absolute Gasteiger partial charge is 0.511 e. The van der Waals surface area contributed by atoms with E-state index in [-0.39, 0.29) is 22.9 Å². The van der Waals surface area contributed by atoms with Gasteiger partial charge in [-0.1, -0.05) is 19.0 Å². The number of hydrogen-bond donors (Lipinski definition) is 1. The highest BCUT2D eigenvalue weighted by Gasteiger charge is 2.36. The van der Waals surface area contributed by atoms with Crippen molar-refractivity contribution in [3.63, 3.8) is 0 Å². The van der Waals surface area contributed by atoms with E-state index in [1.54, 1.807) is 6.92 Å². The van der Waals surface area contributed by atoms with Crippen LogP contribution in [0.15, 0.2) is 16.5 Å². The zero-order valence-corrected chi connectivity index (χ0v) is 17.6. The zero-order chi connectivity index (χ0) is 20.1. The number of carbonyl (C=O) groups is 1. The molecule has 0 fully saturated rings. The highest BCUT2D eigenvalue weighted by Crippen LogP contribution is 2.45. The van der Waals surface area contributed by atoms with E-state index in [9.17, 15) is 9.90 Å². The summed E-state index contributed by atoms with van der Waals surface area (Å²) < 4.78 is 0. The third-order valence-corrected chi connectivity index (χ3v) is 6.39. The van der Waals surface area contributed by atoms with Crippen molar-refractivity contribution < 1.29 is 14.7 Å². The first-order chi connectivity index (χ1) is 12.6. The first-order valence-electron chi connectivity index (χ1n) is 9.72. The monoisotopic (exact) mass is 369 g/mol. The van der Waals surface area contributed by atoms with Crippen LogP contribution < -0.4 is 0 Å². The van der Waals surface area contributed by atoms with Crippen molar-refractivity contribution in [3.8, 4) is 0 Å². The number of aliphatic hydroxyl groups excluding tert-OH is 1. The summed E-state index contributed by atoms with van der Waals surface area (Å²) in [7, 11) is 1.44. The number of rotatable bonds is 3. The molecule has 3 rings (SSSR count). The summed E-state index contributed by atoms with van der Waals surface area (Å²) in [4.78, 5) is 17.6. The van der Waals surface area contributed by atoms with Crippen LogP contribution in [0.25, 0.3) is 0 Å². The lowest BCUT2D eigenvalue weighted by atomic mass is 9.76. The topological polar surface area (TPSA) is 58.9 Å². The number of carbonyl (C=O) groups excluding carboxylic acids is 1. The first kappa shape index (κ1) is 19.7. The van der Waals surface area contributed by atoms with Crippen LogP contribution >= 0.6 is 0 Å². The van der Waals surface area contributed by atoms with E-state index in [2.05, 4.69) is 39.8 Å². The molecule has 27 heavy (non-hydrogen) atoms. The van der Waals surface area contributed by atoms with E-state index >= 15 is 0 Å². The molecule has 0 aromatic heterocycles. The number of ketones is 1. The van der Waals surface area contributed by atoms with Crippen molar-refractivity contribution in [3.05, 3.63) is 44.7 Å². The number of fused-ring (bicyclic) bond motifs is 1. The Bertz CT molecular complexity index is 874. The summed E-state index contributed by atoms with van der Waals surface area (Å²) in [6, 6.07) is 0. The average Bonchev–Trinajstić information content (AvgIpc) is 2.89. The first-order valence-corrected chi connectivity index (χ1v) is 9.72. The minimum absolute atomic E-state index is 0.0179. The molecule has 0 saturated carbocycles. The summed E-state index contributed by atoms with van der Waals surface area (Å²) in [5.41, 5.74) is 9.20. The molecule has 0 saturated heterocycles. The molecule has 1 unspecified atom stereocenters. The van der Waals surface area contributed by atoms with E-state index in [0.29, 0.717) is 24.1 Å². The Morgan fingerprint density at radius 2 is 1.67 bits per heavy atom. The van der Waals surface area contributed by atoms with Crippen LogP contribution in [0.3, 0.4) is 0 Å². The number of oxime groups is 1. The number of nitrogens with zero attached hydrogens (tertiary/aromatic N) is 1. The van der Waals surface area contributed by atoms with Gasteiger partial charge in [-0.05, 0) is 85.3 Å². The standard InChI is InChI=1S/C23H31NO3/c1-12-13(2)21(14(3)18-11-23(5,6)10-17(12)18)16-8-19(25)22(20(26)9-16)15(4)24-27-7/h16,25H,8-11H2,1-7H3/b24-15-. The maximum atomic E-state index is 12.8. The Labute approximate surface area is 162 Å². The van der Waals surface area contributed by atoms with Crippen LogP contribution in [0.1, 0.15) is 72.9 Å². The lowest BCUT2D eigenvalue weighted by molar-refractivity contribution is -0.116. The molecule has 4 heteroatoms. The lowest BCUT2D eigenvalue weighted by Gasteiger charge is -2.28. The number of allylic oxidation sites excluding steroid dienone is 2. The molecule has 0 aliphatic heterocycles. The quantitative estimate of drug-likeness (QED) is 0.601. The number of Topliss-reactive ketones (excluding diaryl/α,β-unsaturated/α-hetero) is 1. The Morgan fingerprint density at radius 3 is 2.22 bits per heavy atom. The molecule has 1 aromatic carbocycles. The highest BCUT2D eigenvalue weighted by atomic mass is 16.6. The summed E-state index contributed by atoms with van der Waals surface area (Å²) in [5.74, 6) is 0.0930. The van der Waals surface area contributed by atoms with Crippen LogP contribution in [0.5, 0.6) is 0 Å². The summed E-state index contributed by atoms with van der Waals surface area (Å²) >= 11 is 0. The summed E-state index contributed by atoms with van der Waals surface area (Å²) in [6.45, 7) is 12.9. The van der Waals surface area contributed by atoms with Crippen molar-refractivity contribution in [1.82, 2.24) is 0 Å². The molecule has 1 aromatic rings. The Hall–Kier alpha value is -2.10. The molecular weight excluding hydrogens is 338 g/mol.